The number of benzene rings is 1. The maximum atomic E-state index is 13.2. The Morgan fingerprint density at radius 3 is 2.79 bits per heavy atom. The Labute approximate surface area is 113 Å². The molecule has 0 fully saturated rings. The smallest absolute Gasteiger partial charge is 0.250 e. The van der Waals surface area contributed by atoms with Crippen molar-refractivity contribution >= 4 is 11.6 Å². The van der Waals surface area contributed by atoms with Crippen LogP contribution in [-0.4, -0.2) is 12.5 Å². The van der Waals surface area contributed by atoms with Gasteiger partial charge in [-0.25, -0.2) is 4.39 Å². The molecular weight excluding hydrogens is 241 g/mol. The van der Waals surface area contributed by atoms with Gasteiger partial charge in [0.1, 0.15) is 5.82 Å². The molecule has 0 aromatic heterocycles. The van der Waals surface area contributed by atoms with Gasteiger partial charge in [0.2, 0.25) is 0 Å². The lowest BCUT2D eigenvalue weighted by molar-refractivity contribution is -0.114. The monoisotopic (exact) mass is 261 g/mol. The van der Waals surface area contributed by atoms with Gasteiger partial charge in [0.15, 0.2) is 0 Å². The van der Waals surface area contributed by atoms with Gasteiger partial charge >= 0.3 is 0 Å². The fourth-order valence-corrected chi connectivity index (χ4v) is 2.21. The number of anilines is 1. The number of allylic oxidation sites excluding steroid dienone is 1. The molecule has 0 saturated carbocycles. The average Bonchev–Trinajstić information content (AvgIpc) is 2.34. The number of rotatable bonds is 1. The maximum absolute atomic E-state index is 13.2. The van der Waals surface area contributed by atoms with Crippen LogP contribution in [0.2, 0.25) is 0 Å². The van der Waals surface area contributed by atoms with Gasteiger partial charge in [-0.3, -0.25) is 4.79 Å². The minimum Gasteiger partial charge on any atom is -0.309 e. The summed E-state index contributed by atoms with van der Waals surface area (Å²) in [6.45, 7) is 6.86. The van der Waals surface area contributed by atoms with Crippen LogP contribution in [0.5, 0.6) is 0 Å². The minimum atomic E-state index is -0.238. The highest BCUT2D eigenvalue weighted by Crippen LogP contribution is 2.28. The molecule has 0 spiro atoms. The van der Waals surface area contributed by atoms with Gasteiger partial charge in [-0.15, -0.1) is 0 Å². The Morgan fingerprint density at radius 1 is 1.37 bits per heavy atom. The van der Waals surface area contributed by atoms with Gasteiger partial charge in [0.05, 0.1) is 0 Å². The highest BCUT2D eigenvalue weighted by molar-refractivity contribution is 6.02. The SMILES string of the molecule is CC(C)(C)C=CC(=O)N1CCCc2cc(F)ccc21. The zero-order valence-electron chi connectivity index (χ0n) is 11.7. The van der Waals surface area contributed by atoms with Crippen molar-refractivity contribution in [3.05, 3.63) is 41.7 Å². The maximum Gasteiger partial charge on any atom is 0.250 e. The molecule has 19 heavy (non-hydrogen) atoms. The lowest BCUT2D eigenvalue weighted by atomic mass is 9.96. The van der Waals surface area contributed by atoms with Crippen LogP contribution < -0.4 is 4.90 Å². The summed E-state index contributed by atoms with van der Waals surface area (Å²) in [6, 6.07) is 4.65. The van der Waals surface area contributed by atoms with Crippen LogP contribution in [0.15, 0.2) is 30.4 Å². The third-order valence-corrected chi connectivity index (χ3v) is 3.15. The van der Waals surface area contributed by atoms with Gasteiger partial charge in [0.25, 0.3) is 5.91 Å². The highest BCUT2D eigenvalue weighted by Gasteiger charge is 2.21. The third-order valence-electron chi connectivity index (χ3n) is 3.15. The molecule has 1 aromatic carbocycles. The van der Waals surface area contributed by atoms with E-state index in [1.807, 2.05) is 6.08 Å². The topological polar surface area (TPSA) is 20.3 Å². The van der Waals surface area contributed by atoms with Crippen molar-refractivity contribution in [3.63, 3.8) is 0 Å². The zero-order valence-corrected chi connectivity index (χ0v) is 11.7. The second-order valence-electron chi connectivity index (χ2n) is 6.07. The minimum absolute atomic E-state index is 0.0168. The molecular formula is C16H20FNO. The standard InChI is InChI=1S/C16H20FNO/c1-16(2,3)9-8-15(19)18-10-4-5-12-11-13(17)6-7-14(12)18/h6-9,11H,4-5,10H2,1-3H3. The Bertz CT molecular complexity index is 514. The summed E-state index contributed by atoms with van der Waals surface area (Å²) in [5, 5.41) is 0. The van der Waals surface area contributed by atoms with E-state index < -0.39 is 0 Å². The first kappa shape index (κ1) is 13.8. The number of hydrogen-bond acceptors (Lipinski definition) is 1. The molecule has 102 valence electrons. The number of nitrogens with zero attached hydrogens (tertiary/aromatic N) is 1. The first-order chi connectivity index (χ1) is 8.87. The molecule has 1 aliphatic heterocycles. The molecule has 0 atom stereocenters. The van der Waals surface area contributed by atoms with Crippen molar-refractivity contribution in [2.75, 3.05) is 11.4 Å². The molecule has 1 aliphatic rings. The van der Waals surface area contributed by atoms with E-state index in [1.54, 1.807) is 17.0 Å². The van der Waals surface area contributed by atoms with Crippen LogP contribution in [0.1, 0.15) is 32.8 Å². The first-order valence-electron chi connectivity index (χ1n) is 6.66. The largest absolute Gasteiger partial charge is 0.309 e. The van der Waals surface area contributed by atoms with E-state index in [9.17, 15) is 9.18 Å². The van der Waals surface area contributed by atoms with Crippen LogP contribution in [0.25, 0.3) is 0 Å². The molecule has 0 unspecified atom stereocenters. The quantitative estimate of drug-likeness (QED) is 0.706. The molecule has 0 saturated heterocycles. The van der Waals surface area contributed by atoms with Crippen LogP contribution in [0, 0.1) is 11.2 Å². The number of carbonyl (C=O) groups excluding carboxylic acids is 1. The van der Waals surface area contributed by atoms with Crippen LogP contribution in [-0.2, 0) is 11.2 Å². The van der Waals surface area contributed by atoms with E-state index >= 15 is 0 Å². The Morgan fingerprint density at radius 2 is 2.11 bits per heavy atom. The third kappa shape index (κ3) is 3.43. The molecule has 0 radical (unpaired) electrons. The molecule has 2 rings (SSSR count). The second-order valence-corrected chi connectivity index (χ2v) is 6.07. The predicted octanol–water partition coefficient (Wildman–Crippen LogP) is 3.71. The van der Waals surface area contributed by atoms with Crippen molar-refractivity contribution < 1.29 is 9.18 Å². The van der Waals surface area contributed by atoms with Crippen LogP contribution in [0.3, 0.4) is 0 Å². The predicted molar refractivity (Wildman–Crippen MR) is 75.7 cm³/mol. The van der Waals surface area contributed by atoms with Crippen molar-refractivity contribution in [3.8, 4) is 0 Å². The Balaban J connectivity index is 2.24. The molecule has 0 bridgehead atoms. The molecule has 3 heteroatoms. The number of halogens is 1. The molecule has 1 aromatic rings. The van der Waals surface area contributed by atoms with Gasteiger partial charge < -0.3 is 4.90 Å². The fourth-order valence-electron chi connectivity index (χ4n) is 2.21. The number of hydrogen-bond donors (Lipinski definition) is 0. The zero-order chi connectivity index (χ0) is 14.0. The van der Waals surface area contributed by atoms with Crippen molar-refractivity contribution in [1.29, 1.82) is 0 Å². The molecule has 2 nitrogen and oxygen atoms in total. The summed E-state index contributed by atoms with van der Waals surface area (Å²) >= 11 is 0. The normalized spacial score (nSPS) is 15.7. The molecule has 0 aliphatic carbocycles. The molecule has 1 heterocycles. The van der Waals surface area contributed by atoms with Crippen LogP contribution >= 0.6 is 0 Å². The van der Waals surface area contributed by atoms with E-state index in [0.29, 0.717) is 6.54 Å². The molecule has 0 N–H and O–H groups in total. The van der Waals surface area contributed by atoms with Crippen LogP contribution in [0.4, 0.5) is 10.1 Å². The number of aryl methyl sites for hydroxylation is 1. The summed E-state index contributed by atoms with van der Waals surface area (Å²) in [5.74, 6) is -0.263. The van der Waals surface area contributed by atoms with E-state index in [0.717, 1.165) is 24.1 Å². The molecule has 1 amide bonds. The van der Waals surface area contributed by atoms with E-state index in [-0.39, 0.29) is 17.1 Å². The summed E-state index contributed by atoms with van der Waals surface area (Å²) in [5.41, 5.74) is 1.75. The lowest BCUT2D eigenvalue weighted by Crippen LogP contribution is -2.34. The summed E-state index contributed by atoms with van der Waals surface area (Å²) in [4.78, 5) is 14.0. The lowest BCUT2D eigenvalue weighted by Gasteiger charge is -2.28. The Hall–Kier alpha value is -1.64. The fraction of sp³-hybridized carbons (Fsp3) is 0.438. The van der Waals surface area contributed by atoms with Gasteiger partial charge in [-0.2, -0.15) is 0 Å². The number of carbonyl (C=O) groups is 1. The van der Waals surface area contributed by atoms with E-state index in [1.165, 1.54) is 12.1 Å². The van der Waals surface area contributed by atoms with Gasteiger partial charge in [-0.1, -0.05) is 26.8 Å². The number of amides is 1. The van der Waals surface area contributed by atoms with Crippen molar-refractivity contribution in [1.82, 2.24) is 0 Å². The highest BCUT2D eigenvalue weighted by atomic mass is 19.1. The van der Waals surface area contributed by atoms with E-state index in [4.69, 9.17) is 0 Å². The average molecular weight is 261 g/mol. The summed E-state index contributed by atoms with van der Waals surface area (Å²) in [6.07, 6.45) is 5.25. The number of fused-ring (bicyclic) bond motifs is 1. The van der Waals surface area contributed by atoms with Gasteiger partial charge in [0, 0.05) is 12.2 Å². The van der Waals surface area contributed by atoms with E-state index in [2.05, 4.69) is 20.8 Å². The second kappa shape index (κ2) is 5.16. The first-order valence-corrected chi connectivity index (χ1v) is 6.66. The van der Waals surface area contributed by atoms with Crippen molar-refractivity contribution in [2.24, 2.45) is 5.41 Å². The summed E-state index contributed by atoms with van der Waals surface area (Å²) < 4.78 is 13.2. The van der Waals surface area contributed by atoms with Crippen molar-refractivity contribution in [2.45, 2.75) is 33.6 Å². The summed E-state index contributed by atoms with van der Waals surface area (Å²) in [7, 11) is 0. The van der Waals surface area contributed by atoms with Gasteiger partial charge in [-0.05, 0) is 48.1 Å². The Kier molecular flexibility index (Phi) is 3.74.